The van der Waals surface area contributed by atoms with Crippen LogP contribution < -0.4 is 21.9 Å². The molecule has 1 aromatic heterocycles. The molecule has 0 aromatic carbocycles. The molecule has 0 spiro atoms. The van der Waals surface area contributed by atoms with Crippen molar-refractivity contribution in [2.75, 3.05) is 11.2 Å². The Morgan fingerprint density at radius 3 is 2.89 bits per heavy atom. The summed E-state index contributed by atoms with van der Waals surface area (Å²) in [5.74, 6) is 2.33. The molecule has 0 unspecified atom stereocenters. The fraction of sp³-hybridized carbons (Fsp3) is 0.700. The Morgan fingerprint density at radius 1 is 1.39 bits per heavy atom. The van der Waals surface area contributed by atoms with Crippen molar-refractivity contribution in [3.05, 3.63) is 0 Å². The van der Waals surface area contributed by atoms with Crippen molar-refractivity contribution in [2.45, 2.75) is 31.7 Å². The highest BCUT2D eigenvalue weighted by Gasteiger charge is 2.39. The second kappa shape index (κ2) is 4.60. The van der Waals surface area contributed by atoms with Crippen molar-refractivity contribution in [1.29, 1.82) is 0 Å². The van der Waals surface area contributed by atoms with Crippen LogP contribution in [0.1, 0.15) is 25.7 Å². The van der Waals surface area contributed by atoms with Crippen molar-refractivity contribution in [3.8, 4) is 0 Å². The minimum Gasteiger partial charge on any atom is -0.368 e. The van der Waals surface area contributed by atoms with E-state index in [9.17, 15) is 0 Å². The summed E-state index contributed by atoms with van der Waals surface area (Å²) in [4.78, 5) is 3.90. The van der Waals surface area contributed by atoms with Crippen LogP contribution >= 0.6 is 12.2 Å². The Kier molecular flexibility index (Phi) is 2.94. The zero-order valence-corrected chi connectivity index (χ0v) is 10.8. The van der Waals surface area contributed by atoms with Crippen LogP contribution in [-0.2, 0) is 0 Å². The Bertz CT molecular complexity index is 445. The van der Waals surface area contributed by atoms with Gasteiger partial charge in [0.1, 0.15) is 0 Å². The van der Waals surface area contributed by atoms with E-state index in [-0.39, 0.29) is 5.95 Å². The first-order valence-electron chi connectivity index (χ1n) is 6.21. The summed E-state index contributed by atoms with van der Waals surface area (Å²) in [6, 6.07) is 0.516. The number of aromatic amines is 1. The summed E-state index contributed by atoms with van der Waals surface area (Å²) in [7, 11) is 0. The van der Waals surface area contributed by atoms with Crippen LogP contribution in [0.4, 0.5) is 11.9 Å². The van der Waals surface area contributed by atoms with Crippen LogP contribution in [-0.4, -0.2) is 26.3 Å². The Labute approximate surface area is 110 Å². The molecule has 2 aliphatic carbocycles. The van der Waals surface area contributed by atoms with Crippen molar-refractivity contribution in [1.82, 2.24) is 25.9 Å². The van der Waals surface area contributed by atoms with E-state index < -0.39 is 0 Å². The molecule has 3 atom stereocenters. The van der Waals surface area contributed by atoms with Gasteiger partial charge >= 0.3 is 0 Å². The topological polar surface area (TPSA) is 104 Å². The molecule has 2 fully saturated rings. The molecular formula is C10H17N7S. The molecule has 8 heteroatoms. The number of rotatable bonds is 3. The van der Waals surface area contributed by atoms with Gasteiger partial charge in [0.25, 0.3) is 5.95 Å². The second-order valence-corrected chi connectivity index (χ2v) is 5.46. The van der Waals surface area contributed by atoms with Gasteiger partial charge in [-0.3, -0.25) is 10.9 Å². The van der Waals surface area contributed by atoms with Gasteiger partial charge < -0.3 is 11.1 Å². The van der Waals surface area contributed by atoms with Crippen molar-refractivity contribution in [3.63, 3.8) is 0 Å². The number of nitrogens with two attached hydrogens (primary N) is 1. The van der Waals surface area contributed by atoms with Gasteiger partial charge in [-0.25, -0.2) is 5.10 Å². The first-order valence-corrected chi connectivity index (χ1v) is 6.62. The molecule has 2 saturated carbocycles. The highest BCUT2D eigenvalue weighted by atomic mass is 32.1. The molecule has 0 radical (unpaired) electrons. The smallest absolute Gasteiger partial charge is 0.262 e. The van der Waals surface area contributed by atoms with Gasteiger partial charge in [-0.2, -0.15) is 4.98 Å². The largest absolute Gasteiger partial charge is 0.368 e. The summed E-state index contributed by atoms with van der Waals surface area (Å²) in [6.07, 6.45) is 5.30. The molecule has 2 bridgehead atoms. The summed E-state index contributed by atoms with van der Waals surface area (Å²) in [5, 5.41) is 10.3. The van der Waals surface area contributed by atoms with Crippen LogP contribution in [0.25, 0.3) is 0 Å². The standard InChI is InChI=1S/C10H17N7S/c11-8-13-9(15-14-8)16-17-10(18)12-7-4-5-1-2-6(7)3-5/h5-7H,1-4H2,(H2,12,17,18)(H4,11,13,14,15,16)/t5-,6+,7-/m0/s1. The van der Waals surface area contributed by atoms with E-state index in [0.29, 0.717) is 17.1 Å². The number of anilines is 2. The number of thiocarbonyl (C=S) groups is 1. The number of hydrogen-bond acceptors (Lipinski definition) is 5. The minimum atomic E-state index is 0.270. The molecule has 98 valence electrons. The van der Waals surface area contributed by atoms with E-state index in [0.717, 1.165) is 11.8 Å². The summed E-state index contributed by atoms with van der Waals surface area (Å²) in [5.41, 5.74) is 11.1. The number of nitrogens with zero attached hydrogens (tertiary/aromatic N) is 2. The lowest BCUT2D eigenvalue weighted by Gasteiger charge is -2.24. The molecule has 0 amide bonds. The third kappa shape index (κ3) is 2.33. The van der Waals surface area contributed by atoms with Crippen molar-refractivity contribution in [2.24, 2.45) is 11.8 Å². The average Bonchev–Trinajstić information content (AvgIpc) is 3.03. The summed E-state index contributed by atoms with van der Waals surface area (Å²) < 4.78 is 0. The lowest BCUT2D eigenvalue weighted by atomic mass is 9.96. The summed E-state index contributed by atoms with van der Waals surface area (Å²) in [6.45, 7) is 0. The number of nitrogen functional groups attached to an aromatic ring is 1. The monoisotopic (exact) mass is 267 g/mol. The number of fused-ring (bicyclic) bond motifs is 2. The van der Waals surface area contributed by atoms with Gasteiger partial charge in [-0.15, -0.1) is 5.10 Å². The zero-order chi connectivity index (χ0) is 12.5. The van der Waals surface area contributed by atoms with E-state index in [1.165, 1.54) is 25.7 Å². The van der Waals surface area contributed by atoms with Crippen LogP contribution in [0, 0.1) is 11.8 Å². The third-order valence-corrected chi connectivity index (χ3v) is 4.07. The van der Waals surface area contributed by atoms with Crippen LogP contribution in [0.5, 0.6) is 0 Å². The Balaban J connectivity index is 1.45. The molecule has 1 aromatic rings. The predicted octanol–water partition coefficient (Wildman–Crippen LogP) is 0.366. The molecule has 0 saturated heterocycles. The number of hydrogen-bond donors (Lipinski definition) is 5. The number of nitrogens with one attached hydrogen (secondary N) is 4. The molecule has 1 heterocycles. The minimum absolute atomic E-state index is 0.270. The van der Waals surface area contributed by atoms with Gasteiger partial charge in [-0.1, -0.05) is 6.42 Å². The van der Waals surface area contributed by atoms with Gasteiger partial charge in [0.05, 0.1) is 0 Å². The third-order valence-electron chi connectivity index (χ3n) is 3.85. The lowest BCUT2D eigenvalue weighted by molar-refractivity contribution is 0.390. The van der Waals surface area contributed by atoms with Gasteiger partial charge in [0.2, 0.25) is 5.95 Å². The second-order valence-electron chi connectivity index (χ2n) is 5.05. The first kappa shape index (κ1) is 11.5. The maximum atomic E-state index is 5.41. The maximum absolute atomic E-state index is 5.41. The highest BCUT2D eigenvalue weighted by molar-refractivity contribution is 7.80. The molecular weight excluding hydrogens is 250 g/mol. The normalized spacial score (nSPS) is 29.2. The molecule has 2 aliphatic rings. The fourth-order valence-electron chi connectivity index (χ4n) is 3.07. The zero-order valence-electron chi connectivity index (χ0n) is 9.94. The lowest BCUT2D eigenvalue weighted by Crippen LogP contribution is -2.46. The van der Waals surface area contributed by atoms with E-state index in [1.54, 1.807) is 0 Å². The van der Waals surface area contributed by atoms with E-state index in [2.05, 4.69) is 31.3 Å². The van der Waals surface area contributed by atoms with E-state index >= 15 is 0 Å². The van der Waals surface area contributed by atoms with E-state index in [1.807, 2.05) is 0 Å². The van der Waals surface area contributed by atoms with Gasteiger partial charge in [0.15, 0.2) is 5.11 Å². The molecule has 6 N–H and O–H groups in total. The maximum Gasteiger partial charge on any atom is 0.262 e. The van der Waals surface area contributed by atoms with Crippen molar-refractivity contribution >= 4 is 29.2 Å². The van der Waals surface area contributed by atoms with Crippen LogP contribution in [0.15, 0.2) is 0 Å². The molecule has 7 nitrogen and oxygen atoms in total. The number of hydrazine groups is 1. The average molecular weight is 267 g/mol. The SMILES string of the molecule is Nc1nc(NNC(=S)N[C@H]2C[C@H]3CC[C@@H]2C3)n[nH]1. The Hall–Kier alpha value is -1.57. The highest BCUT2D eigenvalue weighted by Crippen LogP contribution is 2.44. The molecule has 3 rings (SSSR count). The van der Waals surface area contributed by atoms with Crippen LogP contribution in [0.2, 0.25) is 0 Å². The van der Waals surface area contributed by atoms with E-state index in [4.69, 9.17) is 18.0 Å². The van der Waals surface area contributed by atoms with Crippen LogP contribution in [0.3, 0.4) is 0 Å². The molecule has 18 heavy (non-hydrogen) atoms. The summed E-state index contributed by atoms with van der Waals surface area (Å²) >= 11 is 5.23. The fourth-order valence-corrected chi connectivity index (χ4v) is 3.27. The quantitative estimate of drug-likeness (QED) is 0.398. The number of H-pyrrole nitrogens is 1. The van der Waals surface area contributed by atoms with Gasteiger partial charge in [0, 0.05) is 6.04 Å². The molecule has 0 aliphatic heterocycles. The Morgan fingerprint density at radius 2 is 2.28 bits per heavy atom. The van der Waals surface area contributed by atoms with Crippen molar-refractivity contribution < 1.29 is 0 Å². The predicted molar refractivity (Wildman–Crippen MR) is 72.5 cm³/mol. The first-order chi connectivity index (χ1) is 8.70. The van der Waals surface area contributed by atoms with Gasteiger partial charge in [-0.05, 0) is 43.3 Å². The number of aromatic nitrogens is 3.